The molecule has 3 aromatic rings. The first-order chi connectivity index (χ1) is 15.2. The minimum absolute atomic E-state index is 0.0473. The summed E-state index contributed by atoms with van der Waals surface area (Å²) in [7, 11) is 1.65. The summed E-state index contributed by atoms with van der Waals surface area (Å²) in [5.41, 5.74) is 3.88. The number of benzene rings is 3. The van der Waals surface area contributed by atoms with Crippen molar-refractivity contribution < 1.29 is 19.0 Å². The number of ether oxygens (including phenoxy) is 3. The van der Waals surface area contributed by atoms with Gasteiger partial charge in [-0.05, 0) is 66.9 Å². The molecule has 0 spiro atoms. The highest BCUT2D eigenvalue weighted by atomic mass is 16.5. The molecule has 31 heavy (non-hydrogen) atoms. The van der Waals surface area contributed by atoms with Crippen LogP contribution in [0.4, 0.5) is 5.69 Å². The maximum atomic E-state index is 13.4. The molecule has 5 nitrogen and oxygen atoms in total. The molecular weight excluding hydrogens is 390 g/mol. The zero-order chi connectivity index (χ0) is 21.8. The summed E-state index contributed by atoms with van der Waals surface area (Å²) in [5, 5.41) is 0. The Kier molecular flexibility index (Phi) is 6.12. The third-order valence-electron chi connectivity index (χ3n) is 5.43. The molecule has 0 fully saturated rings. The predicted molar refractivity (Wildman–Crippen MR) is 121 cm³/mol. The number of hydrogen-bond acceptors (Lipinski definition) is 4. The topological polar surface area (TPSA) is 48.0 Å². The standard InChI is InChI=1S/C26H27NO4/c1-4-30-23-15-19-16-25(28)27(20-9-7-6-8-10-20)26(22(19)17-24(23)31-5-2)18-11-13-21(29-3)14-12-18/h6-15,17,26H,4-5,16H2,1-3H3. The van der Waals surface area contributed by atoms with Crippen LogP contribution < -0.4 is 19.1 Å². The van der Waals surface area contributed by atoms with Gasteiger partial charge in [0.1, 0.15) is 5.75 Å². The van der Waals surface area contributed by atoms with E-state index in [0.29, 0.717) is 31.1 Å². The van der Waals surface area contributed by atoms with Crippen LogP contribution in [0.25, 0.3) is 0 Å². The molecule has 0 aromatic heterocycles. The maximum absolute atomic E-state index is 13.4. The number of carbonyl (C=O) groups is 1. The van der Waals surface area contributed by atoms with E-state index in [4.69, 9.17) is 14.2 Å². The summed E-state index contributed by atoms with van der Waals surface area (Å²) in [4.78, 5) is 15.2. The Balaban J connectivity index is 1.90. The van der Waals surface area contributed by atoms with Crippen molar-refractivity contribution in [3.05, 3.63) is 83.4 Å². The number of anilines is 1. The molecule has 0 bridgehead atoms. The number of para-hydroxylation sites is 1. The molecule has 0 radical (unpaired) electrons. The minimum Gasteiger partial charge on any atom is -0.497 e. The van der Waals surface area contributed by atoms with E-state index in [9.17, 15) is 4.79 Å². The van der Waals surface area contributed by atoms with Gasteiger partial charge in [-0.2, -0.15) is 0 Å². The van der Waals surface area contributed by atoms with E-state index in [2.05, 4.69) is 0 Å². The summed E-state index contributed by atoms with van der Waals surface area (Å²) < 4.78 is 17.0. The Morgan fingerprint density at radius 3 is 2.16 bits per heavy atom. The van der Waals surface area contributed by atoms with Crippen LogP contribution >= 0.6 is 0 Å². The maximum Gasteiger partial charge on any atom is 0.232 e. The van der Waals surface area contributed by atoms with Gasteiger partial charge in [0, 0.05) is 5.69 Å². The second-order valence-corrected chi connectivity index (χ2v) is 7.32. The third kappa shape index (κ3) is 4.08. The van der Waals surface area contributed by atoms with Crippen LogP contribution in [-0.2, 0) is 11.2 Å². The quantitative estimate of drug-likeness (QED) is 0.532. The Labute approximate surface area is 183 Å². The lowest BCUT2D eigenvalue weighted by Crippen LogP contribution is -2.41. The second-order valence-electron chi connectivity index (χ2n) is 7.32. The fraction of sp³-hybridized carbons (Fsp3) is 0.269. The lowest BCUT2D eigenvalue weighted by molar-refractivity contribution is -0.118. The molecule has 1 aliphatic heterocycles. The van der Waals surface area contributed by atoms with E-state index >= 15 is 0 Å². The molecule has 4 rings (SSSR count). The number of nitrogens with zero attached hydrogens (tertiary/aromatic N) is 1. The number of hydrogen-bond donors (Lipinski definition) is 0. The Bertz CT molecular complexity index is 1050. The van der Waals surface area contributed by atoms with Crippen LogP contribution in [0.1, 0.15) is 36.6 Å². The molecule has 3 aromatic carbocycles. The van der Waals surface area contributed by atoms with Gasteiger partial charge in [-0.15, -0.1) is 0 Å². The fourth-order valence-electron chi connectivity index (χ4n) is 4.09. The first-order valence-corrected chi connectivity index (χ1v) is 10.6. The van der Waals surface area contributed by atoms with Crippen molar-refractivity contribution in [1.82, 2.24) is 0 Å². The van der Waals surface area contributed by atoms with Crippen molar-refractivity contribution >= 4 is 11.6 Å². The summed E-state index contributed by atoms with van der Waals surface area (Å²) >= 11 is 0. The third-order valence-corrected chi connectivity index (χ3v) is 5.43. The molecule has 1 amide bonds. The van der Waals surface area contributed by atoms with Gasteiger partial charge >= 0.3 is 0 Å². The summed E-state index contributed by atoms with van der Waals surface area (Å²) in [6, 6.07) is 21.4. The molecule has 5 heteroatoms. The van der Waals surface area contributed by atoms with Crippen molar-refractivity contribution in [3.8, 4) is 17.2 Å². The highest BCUT2D eigenvalue weighted by Crippen LogP contribution is 2.43. The van der Waals surface area contributed by atoms with Gasteiger partial charge in [-0.25, -0.2) is 0 Å². The molecule has 1 heterocycles. The molecular formula is C26H27NO4. The van der Waals surface area contributed by atoms with Crippen LogP contribution in [0.15, 0.2) is 66.7 Å². The highest BCUT2D eigenvalue weighted by Gasteiger charge is 2.36. The molecule has 1 unspecified atom stereocenters. The monoisotopic (exact) mass is 417 g/mol. The van der Waals surface area contributed by atoms with Crippen LogP contribution in [0.2, 0.25) is 0 Å². The minimum atomic E-state index is -0.278. The first-order valence-electron chi connectivity index (χ1n) is 10.6. The molecule has 0 aliphatic carbocycles. The zero-order valence-corrected chi connectivity index (χ0v) is 18.1. The Morgan fingerprint density at radius 2 is 1.55 bits per heavy atom. The number of fused-ring (bicyclic) bond motifs is 1. The predicted octanol–water partition coefficient (Wildman–Crippen LogP) is 5.17. The van der Waals surface area contributed by atoms with E-state index in [1.807, 2.05) is 85.5 Å². The second kappa shape index (κ2) is 9.13. The average Bonchev–Trinajstić information content (AvgIpc) is 2.80. The van der Waals surface area contributed by atoms with E-state index < -0.39 is 0 Å². The van der Waals surface area contributed by atoms with Crippen molar-refractivity contribution in [3.63, 3.8) is 0 Å². The zero-order valence-electron chi connectivity index (χ0n) is 18.1. The summed E-state index contributed by atoms with van der Waals surface area (Å²) in [6.07, 6.45) is 0.309. The Hall–Kier alpha value is -3.47. The number of methoxy groups -OCH3 is 1. The van der Waals surface area contributed by atoms with Gasteiger partial charge in [-0.1, -0.05) is 30.3 Å². The molecule has 1 atom stereocenters. The SMILES string of the molecule is CCOc1cc2c(cc1OCC)C(c1ccc(OC)cc1)N(c1ccccc1)C(=O)C2. The van der Waals surface area contributed by atoms with E-state index in [-0.39, 0.29) is 11.9 Å². The van der Waals surface area contributed by atoms with Crippen LogP contribution in [0.5, 0.6) is 17.2 Å². The molecule has 1 aliphatic rings. The van der Waals surface area contributed by atoms with Gasteiger partial charge < -0.3 is 19.1 Å². The van der Waals surface area contributed by atoms with Gasteiger partial charge in [0.15, 0.2) is 11.5 Å². The van der Waals surface area contributed by atoms with Gasteiger partial charge in [0.05, 0.1) is 32.8 Å². The van der Waals surface area contributed by atoms with Crippen molar-refractivity contribution in [2.24, 2.45) is 0 Å². The molecule has 160 valence electrons. The van der Waals surface area contributed by atoms with Crippen LogP contribution in [0, 0.1) is 0 Å². The first kappa shape index (κ1) is 20.8. The lowest BCUT2D eigenvalue weighted by Gasteiger charge is -2.38. The number of amides is 1. The molecule has 0 N–H and O–H groups in total. The number of rotatable bonds is 7. The molecule has 0 saturated heterocycles. The van der Waals surface area contributed by atoms with Gasteiger partial charge in [0.2, 0.25) is 5.91 Å². The fourth-order valence-corrected chi connectivity index (χ4v) is 4.09. The highest BCUT2D eigenvalue weighted by molar-refractivity contribution is 5.98. The lowest BCUT2D eigenvalue weighted by atomic mass is 9.86. The average molecular weight is 418 g/mol. The van der Waals surface area contributed by atoms with Crippen LogP contribution in [-0.4, -0.2) is 26.2 Å². The largest absolute Gasteiger partial charge is 0.497 e. The molecule has 0 saturated carbocycles. The summed E-state index contributed by atoms with van der Waals surface area (Å²) in [5.74, 6) is 2.20. The van der Waals surface area contributed by atoms with Crippen molar-refractivity contribution in [2.45, 2.75) is 26.3 Å². The Morgan fingerprint density at radius 1 is 0.903 bits per heavy atom. The number of carbonyl (C=O) groups excluding carboxylic acids is 1. The van der Waals surface area contributed by atoms with Crippen LogP contribution in [0.3, 0.4) is 0 Å². The smallest absolute Gasteiger partial charge is 0.232 e. The van der Waals surface area contributed by atoms with E-state index in [0.717, 1.165) is 28.1 Å². The van der Waals surface area contributed by atoms with E-state index in [1.54, 1.807) is 7.11 Å². The van der Waals surface area contributed by atoms with Crippen molar-refractivity contribution in [2.75, 3.05) is 25.2 Å². The van der Waals surface area contributed by atoms with E-state index in [1.165, 1.54) is 0 Å². The normalized spacial score (nSPS) is 15.4. The van der Waals surface area contributed by atoms with Crippen molar-refractivity contribution in [1.29, 1.82) is 0 Å². The van der Waals surface area contributed by atoms with Gasteiger partial charge in [0.25, 0.3) is 0 Å². The van der Waals surface area contributed by atoms with Gasteiger partial charge in [-0.3, -0.25) is 4.79 Å². The summed E-state index contributed by atoms with van der Waals surface area (Å²) in [6.45, 7) is 4.96.